The van der Waals surface area contributed by atoms with Crippen molar-refractivity contribution in [3.8, 4) is 5.75 Å². The molecule has 0 aliphatic rings. The Morgan fingerprint density at radius 3 is 2.52 bits per heavy atom. The molecule has 0 bridgehead atoms. The number of alkyl halides is 3. The predicted octanol–water partition coefficient (Wildman–Crippen LogP) is 4.76. The molecule has 114 valence electrons. The van der Waals surface area contributed by atoms with Gasteiger partial charge < -0.3 is 10.1 Å². The number of hydrogen-bond donors (Lipinski definition) is 1. The molecule has 0 radical (unpaired) electrons. The molecule has 2 rings (SSSR count). The molecular formula is C14H14BrF3N2O. The Labute approximate surface area is 128 Å². The van der Waals surface area contributed by atoms with Crippen molar-refractivity contribution < 1.29 is 17.9 Å². The van der Waals surface area contributed by atoms with Crippen molar-refractivity contribution >= 4 is 32.5 Å². The molecule has 21 heavy (non-hydrogen) atoms. The van der Waals surface area contributed by atoms with Crippen LogP contribution < -0.4 is 10.1 Å². The van der Waals surface area contributed by atoms with Crippen LogP contribution >= 0.6 is 15.9 Å². The van der Waals surface area contributed by atoms with Crippen LogP contribution in [-0.4, -0.2) is 18.6 Å². The number of fused-ring (bicyclic) bond motifs is 1. The average Bonchev–Trinajstić information content (AvgIpc) is 2.40. The second-order valence-electron chi connectivity index (χ2n) is 4.46. The fraction of sp³-hybridized carbons (Fsp3) is 0.357. The van der Waals surface area contributed by atoms with Gasteiger partial charge in [0.2, 0.25) is 0 Å². The number of pyridine rings is 1. The Hall–Kier alpha value is -1.50. The van der Waals surface area contributed by atoms with Gasteiger partial charge in [0.25, 0.3) is 0 Å². The maximum atomic E-state index is 13.2. The minimum atomic E-state index is -4.52. The van der Waals surface area contributed by atoms with Gasteiger partial charge in [-0.1, -0.05) is 15.9 Å². The molecule has 0 aliphatic carbocycles. The van der Waals surface area contributed by atoms with Gasteiger partial charge in [0.15, 0.2) is 0 Å². The zero-order valence-corrected chi connectivity index (χ0v) is 13.3. The number of hydrogen-bond acceptors (Lipinski definition) is 3. The lowest BCUT2D eigenvalue weighted by molar-refractivity contribution is -0.141. The van der Waals surface area contributed by atoms with E-state index in [4.69, 9.17) is 4.74 Å². The van der Waals surface area contributed by atoms with Gasteiger partial charge in [-0.25, -0.2) is 4.98 Å². The molecule has 2 aromatic rings. The summed E-state index contributed by atoms with van der Waals surface area (Å²) < 4.78 is 45.4. The third-order valence-corrected chi connectivity index (χ3v) is 3.80. The minimum Gasteiger partial charge on any atom is -0.494 e. The van der Waals surface area contributed by atoms with Gasteiger partial charge in [-0.15, -0.1) is 0 Å². The highest BCUT2D eigenvalue weighted by Gasteiger charge is 2.36. The number of benzene rings is 1. The third-order valence-electron chi connectivity index (χ3n) is 3.14. The van der Waals surface area contributed by atoms with Crippen molar-refractivity contribution in [2.45, 2.75) is 20.0 Å². The van der Waals surface area contributed by atoms with Crippen LogP contribution in [0.2, 0.25) is 0 Å². The first-order chi connectivity index (χ1) is 9.81. The molecular weight excluding hydrogens is 349 g/mol. The second kappa shape index (κ2) is 5.71. The normalized spacial score (nSPS) is 11.8. The number of methoxy groups -OCH3 is 1. The molecule has 0 fully saturated rings. The molecule has 0 atom stereocenters. The molecule has 0 amide bonds. The zero-order chi connectivity index (χ0) is 15.8. The summed E-state index contributed by atoms with van der Waals surface area (Å²) in [5.41, 5.74) is -0.227. The highest BCUT2D eigenvalue weighted by atomic mass is 79.9. The van der Waals surface area contributed by atoms with Gasteiger partial charge >= 0.3 is 6.18 Å². The lowest BCUT2D eigenvalue weighted by Crippen LogP contribution is -2.14. The van der Waals surface area contributed by atoms with Crippen LogP contribution in [0, 0.1) is 6.92 Å². The largest absolute Gasteiger partial charge is 0.494 e. The Morgan fingerprint density at radius 2 is 2.00 bits per heavy atom. The molecule has 0 unspecified atom stereocenters. The van der Waals surface area contributed by atoms with Gasteiger partial charge in [0.1, 0.15) is 17.0 Å². The molecule has 1 heterocycles. The summed E-state index contributed by atoms with van der Waals surface area (Å²) in [6.07, 6.45) is -4.52. The van der Waals surface area contributed by atoms with Crippen LogP contribution in [0.25, 0.3) is 10.9 Å². The Balaban J connectivity index is 2.96. The number of nitrogens with one attached hydrogen (secondary N) is 1. The summed E-state index contributed by atoms with van der Waals surface area (Å²) in [4.78, 5) is 3.80. The summed E-state index contributed by atoms with van der Waals surface area (Å²) in [5.74, 6) is 0.304. The molecule has 1 N–H and O–H groups in total. The standard InChI is InChI=1S/C14H14BrF3N2O/c1-4-19-11-7(2)13(14(16,17)18)20-12-9(21-3)6-5-8(15)10(11)12/h5-6H,4H2,1-3H3,(H,19,20). The summed E-state index contributed by atoms with van der Waals surface area (Å²) in [5, 5.41) is 3.58. The molecule has 0 saturated heterocycles. The van der Waals surface area contributed by atoms with E-state index in [1.54, 1.807) is 12.1 Å². The Bertz CT molecular complexity index is 686. The minimum absolute atomic E-state index is 0.0748. The van der Waals surface area contributed by atoms with E-state index in [1.165, 1.54) is 14.0 Å². The highest BCUT2D eigenvalue weighted by Crippen LogP contribution is 2.42. The first kappa shape index (κ1) is 15.9. The fourth-order valence-corrected chi connectivity index (χ4v) is 2.75. The van der Waals surface area contributed by atoms with E-state index in [0.29, 0.717) is 27.8 Å². The van der Waals surface area contributed by atoms with E-state index in [1.807, 2.05) is 6.92 Å². The quantitative estimate of drug-likeness (QED) is 0.854. The number of aromatic nitrogens is 1. The number of ether oxygens (including phenoxy) is 1. The summed E-state index contributed by atoms with van der Waals surface area (Å²) in [6, 6.07) is 3.32. The van der Waals surface area contributed by atoms with Crippen molar-refractivity contribution in [3.63, 3.8) is 0 Å². The van der Waals surface area contributed by atoms with Gasteiger partial charge in [-0.05, 0) is 26.0 Å². The first-order valence-electron chi connectivity index (χ1n) is 6.29. The van der Waals surface area contributed by atoms with Gasteiger partial charge in [-0.3, -0.25) is 0 Å². The monoisotopic (exact) mass is 362 g/mol. The van der Waals surface area contributed by atoms with Crippen molar-refractivity contribution in [1.29, 1.82) is 0 Å². The molecule has 1 aromatic carbocycles. The van der Waals surface area contributed by atoms with Gasteiger partial charge in [-0.2, -0.15) is 13.2 Å². The average molecular weight is 363 g/mol. The van der Waals surface area contributed by atoms with E-state index in [9.17, 15) is 13.2 Å². The predicted molar refractivity (Wildman–Crippen MR) is 79.9 cm³/mol. The van der Waals surface area contributed by atoms with Crippen LogP contribution in [0.4, 0.5) is 18.9 Å². The van der Waals surface area contributed by atoms with E-state index < -0.39 is 11.9 Å². The SMILES string of the molecule is CCNc1c(C)c(C(F)(F)F)nc2c(OC)ccc(Br)c12. The molecule has 1 aromatic heterocycles. The Morgan fingerprint density at radius 1 is 1.33 bits per heavy atom. The van der Waals surface area contributed by atoms with E-state index >= 15 is 0 Å². The van der Waals surface area contributed by atoms with E-state index in [2.05, 4.69) is 26.2 Å². The highest BCUT2D eigenvalue weighted by molar-refractivity contribution is 9.10. The van der Waals surface area contributed by atoms with Crippen LogP contribution in [-0.2, 0) is 6.18 Å². The molecule has 0 saturated carbocycles. The summed E-state index contributed by atoms with van der Waals surface area (Å²) in [7, 11) is 1.41. The van der Waals surface area contributed by atoms with Crippen LogP contribution in [0.5, 0.6) is 5.75 Å². The summed E-state index contributed by atoms with van der Waals surface area (Å²) in [6.45, 7) is 3.74. The fourth-order valence-electron chi connectivity index (χ4n) is 2.24. The number of nitrogens with zero attached hydrogens (tertiary/aromatic N) is 1. The number of rotatable bonds is 3. The van der Waals surface area contributed by atoms with Gasteiger partial charge in [0, 0.05) is 27.7 Å². The lowest BCUT2D eigenvalue weighted by atomic mass is 10.1. The first-order valence-corrected chi connectivity index (χ1v) is 7.08. The number of halogens is 4. The Kier molecular flexibility index (Phi) is 4.32. The smallest absolute Gasteiger partial charge is 0.433 e. The van der Waals surface area contributed by atoms with Crippen LogP contribution in [0.3, 0.4) is 0 Å². The van der Waals surface area contributed by atoms with Crippen molar-refractivity contribution in [2.24, 2.45) is 0 Å². The number of anilines is 1. The van der Waals surface area contributed by atoms with Crippen molar-refractivity contribution in [2.75, 3.05) is 19.0 Å². The molecule has 0 aliphatic heterocycles. The second-order valence-corrected chi connectivity index (χ2v) is 5.32. The summed E-state index contributed by atoms with van der Waals surface area (Å²) >= 11 is 3.37. The maximum absolute atomic E-state index is 13.2. The topological polar surface area (TPSA) is 34.2 Å². The van der Waals surface area contributed by atoms with Crippen LogP contribution in [0.15, 0.2) is 16.6 Å². The molecule has 7 heteroatoms. The maximum Gasteiger partial charge on any atom is 0.433 e. The third kappa shape index (κ3) is 2.79. The van der Waals surface area contributed by atoms with Crippen molar-refractivity contribution in [1.82, 2.24) is 4.98 Å². The molecule has 0 spiro atoms. The van der Waals surface area contributed by atoms with Crippen molar-refractivity contribution in [3.05, 3.63) is 27.9 Å². The lowest BCUT2D eigenvalue weighted by Gasteiger charge is -2.18. The molecule has 3 nitrogen and oxygen atoms in total. The van der Waals surface area contributed by atoms with E-state index in [-0.39, 0.29) is 11.1 Å². The van der Waals surface area contributed by atoms with Gasteiger partial charge in [0.05, 0.1) is 7.11 Å². The zero-order valence-electron chi connectivity index (χ0n) is 11.7. The van der Waals surface area contributed by atoms with E-state index in [0.717, 1.165) is 0 Å². The van der Waals surface area contributed by atoms with Crippen LogP contribution in [0.1, 0.15) is 18.2 Å².